The van der Waals surface area contributed by atoms with Gasteiger partial charge in [-0.2, -0.15) is 0 Å². The Bertz CT molecular complexity index is 1060. The number of carbonyl (C=O) groups excluding carboxylic acids is 1. The molecule has 2 aromatic carbocycles. The van der Waals surface area contributed by atoms with Gasteiger partial charge in [-0.05, 0) is 37.1 Å². The number of fused-ring (bicyclic) bond motifs is 1. The van der Waals surface area contributed by atoms with Gasteiger partial charge in [0.1, 0.15) is 0 Å². The van der Waals surface area contributed by atoms with Gasteiger partial charge in [0.25, 0.3) is 0 Å². The van der Waals surface area contributed by atoms with Crippen molar-refractivity contribution in [3.8, 4) is 11.5 Å². The summed E-state index contributed by atoms with van der Waals surface area (Å²) in [7, 11) is 3.00. The molecule has 1 N–H and O–H groups in total. The monoisotopic (exact) mass is 381 g/mol. The molecule has 0 saturated heterocycles. The first-order valence-electron chi connectivity index (χ1n) is 8.97. The van der Waals surface area contributed by atoms with Crippen molar-refractivity contribution in [3.05, 3.63) is 69.6 Å². The molecule has 1 unspecified atom stereocenters. The molecule has 0 fully saturated rings. The van der Waals surface area contributed by atoms with E-state index in [1.807, 2.05) is 37.3 Å². The second-order valence-corrected chi connectivity index (χ2v) is 6.55. The summed E-state index contributed by atoms with van der Waals surface area (Å²) < 4.78 is 16.1. The molecule has 0 radical (unpaired) electrons. The molecule has 6 nitrogen and oxygen atoms in total. The largest absolute Gasteiger partial charge is 0.493 e. The number of hydrogen-bond donors (Lipinski definition) is 1. The van der Waals surface area contributed by atoms with E-state index in [1.54, 1.807) is 19.1 Å². The first-order valence-corrected chi connectivity index (χ1v) is 8.97. The van der Waals surface area contributed by atoms with E-state index in [0.717, 1.165) is 5.56 Å². The lowest BCUT2D eigenvalue weighted by Crippen LogP contribution is -2.30. The summed E-state index contributed by atoms with van der Waals surface area (Å²) in [6.45, 7) is 3.70. The van der Waals surface area contributed by atoms with Crippen molar-refractivity contribution in [1.82, 2.24) is 5.32 Å². The Balaban J connectivity index is 1.91. The Morgan fingerprint density at radius 3 is 2.46 bits per heavy atom. The average Bonchev–Trinajstić information content (AvgIpc) is 2.70. The highest BCUT2D eigenvalue weighted by Crippen LogP contribution is 2.36. The zero-order valence-corrected chi connectivity index (χ0v) is 16.4. The van der Waals surface area contributed by atoms with Gasteiger partial charge >= 0.3 is 5.63 Å². The number of rotatable bonds is 6. The molecule has 28 heavy (non-hydrogen) atoms. The number of carbonyl (C=O) groups is 1. The third-order valence-electron chi connectivity index (χ3n) is 4.81. The molecule has 0 bridgehead atoms. The van der Waals surface area contributed by atoms with E-state index in [-0.39, 0.29) is 18.4 Å². The predicted octanol–water partition coefficient (Wildman–Crippen LogP) is 3.54. The molecule has 3 aromatic rings. The summed E-state index contributed by atoms with van der Waals surface area (Å²) in [5.74, 6) is 0.584. The van der Waals surface area contributed by atoms with Crippen molar-refractivity contribution in [1.29, 1.82) is 0 Å². The van der Waals surface area contributed by atoms with Crippen LogP contribution in [-0.4, -0.2) is 20.1 Å². The fraction of sp³-hybridized carbons (Fsp3) is 0.273. The molecule has 146 valence electrons. The number of methoxy groups -OCH3 is 2. The van der Waals surface area contributed by atoms with Crippen molar-refractivity contribution < 1.29 is 18.7 Å². The normalized spacial score (nSPS) is 11.9. The van der Waals surface area contributed by atoms with Crippen molar-refractivity contribution in [2.75, 3.05) is 14.2 Å². The summed E-state index contributed by atoms with van der Waals surface area (Å²) in [4.78, 5) is 25.1. The Hall–Kier alpha value is -3.28. The van der Waals surface area contributed by atoms with Crippen LogP contribution < -0.4 is 20.4 Å². The van der Waals surface area contributed by atoms with Crippen LogP contribution in [0.25, 0.3) is 11.0 Å². The number of amides is 1. The number of nitrogens with one attached hydrogen (secondary N) is 1. The highest BCUT2D eigenvalue weighted by molar-refractivity contribution is 5.89. The number of benzene rings is 2. The van der Waals surface area contributed by atoms with Crippen LogP contribution in [0.1, 0.15) is 29.7 Å². The standard InChI is InChI=1S/C22H23NO5/c1-13-16-10-11-18(26-3)21(27-4)20(16)28-22(25)17(13)12-19(24)23-14(2)15-8-6-5-7-9-15/h5-11,14H,12H2,1-4H3,(H,23,24). The van der Waals surface area contributed by atoms with Gasteiger partial charge in [0.05, 0.1) is 32.2 Å². The van der Waals surface area contributed by atoms with Crippen LogP contribution in [0, 0.1) is 6.92 Å². The van der Waals surface area contributed by atoms with Crippen molar-refractivity contribution in [2.45, 2.75) is 26.3 Å². The van der Waals surface area contributed by atoms with E-state index in [9.17, 15) is 9.59 Å². The molecule has 1 aromatic heterocycles. The van der Waals surface area contributed by atoms with E-state index < -0.39 is 5.63 Å². The minimum Gasteiger partial charge on any atom is -0.493 e. The van der Waals surface area contributed by atoms with Crippen LogP contribution in [0.15, 0.2) is 51.7 Å². The number of ether oxygens (including phenoxy) is 2. The lowest BCUT2D eigenvalue weighted by Gasteiger charge is -2.15. The summed E-state index contributed by atoms with van der Waals surface area (Å²) in [5.41, 5.74) is 1.77. The topological polar surface area (TPSA) is 77.8 Å². The molecule has 0 aliphatic rings. The Morgan fingerprint density at radius 1 is 1.11 bits per heavy atom. The zero-order valence-electron chi connectivity index (χ0n) is 16.4. The Kier molecular flexibility index (Phi) is 5.68. The molecule has 1 amide bonds. The molecule has 6 heteroatoms. The summed E-state index contributed by atoms with van der Waals surface area (Å²) in [6.07, 6.45) is -0.0599. The Labute approximate surface area is 163 Å². The first kappa shape index (κ1) is 19.5. The van der Waals surface area contributed by atoms with Gasteiger partial charge in [-0.25, -0.2) is 4.79 Å². The molecular weight excluding hydrogens is 358 g/mol. The van der Waals surface area contributed by atoms with Crippen LogP contribution >= 0.6 is 0 Å². The third kappa shape index (κ3) is 3.71. The van der Waals surface area contributed by atoms with E-state index in [0.29, 0.717) is 33.6 Å². The Morgan fingerprint density at radius 2 is 1.82 bits per heavy atom. The van der Waals surface area contributed by atoms with Crippen LogP contribution in [0.2, 0.25) is 0 Å². The van der Waals surface area contributed by atoms with Gasteiger partial charge in [0.2, 0.25) is 11.7 Å². The lowest BCUT2D eigenvalue weighted by molar-refractivity contribution is -0.121. The van der Waals surface area contributed by atoms with Gasteiger partial charge in [0, 0.05) is 5.39 Å². The van der Waals surface area contributed by atoms with Crippen LogP contribution in [-0.2, 0) is 11.2 Å². The van der Waals surface area contributed by atoms with Gasteiger partial charge < -0.3 is 19.2 Å². The molecule has 0 aliphatic carbocycles. The van der Waals surface area contributed by atoms with Crippen molar-refractivity contribution in [3.63, 3.8) is 0 Å². The van der Waals surface area contributed by atoms with E-state index >= 15 is 0 Å². The van der Waals surface area contributed by atoms with E-state index in [4.69, 9.17) is 13.9 Å². The molecule has 0 saturated carbocycles. The zero-order chi connectivity index (χ0) is 20.3. The van der Waals surface area contributed by atoms with E-state index in [1.165, 1.54) is 14.2 Å². The fourth-order valence-corrected chi connectivity index (χ4v) is 3.25. The van der Waals surface area contributed by atoms with Gasteiger partial charge in [-0.3, -0.25) is 4.79 Å². The quantitative estimate of drug-likeness (QED) is 0.661. The molecule has 3 rings (SSSR count). The van der Waals surface area contributed by atoms with Crippen LogP contribution in [0.5, 0.6) is 11.5 Å². The number of hydrogen-bond acceptors (Lipinski definition) is 5. The highest BCUT2D eigenvalue weighted by Gasteiger charge is 2.20. The van der Waals surface area contributed by atoms with Gasteiger partial charge in [-0.1, -0.05) is 30.3 Å². The van der Waals surface area contributed by atoms with Crippen LogP contribution in [0.4, 0.5) is 0 Å². The summed E-state index contributed by atoms with van der Waals surface area (Å²) in [5, 5.41) is 3.63. The fourth-order valence-electron chi connectivity index (χ4n) is 3.25. The lowest BCUT2D eigenvalue weighted by atomic mass is 10.0. The maximum Gasteiger partial charge on any atom is 0.340 e. The van der Waals surface area contributed by atoms with Crippen molar-refractivity contribution in [2.24, 2.45) is 0 Å². The average molecular weight is 381 g/mol. The summed E-state index contributed by atoms with van der Waals surface area (Å²) >= 11 is 0. The minimum atomic E-state index is -0.556. The third-order valence-corrected chi connectivity index (χ3v) is 4.81. The van der Waals surface area contributed by atoms with Crippen molar-refractivity contribution >= 4 is 16.9 Å². The maximum atomic E-state index is 12.6. The SMILES string of the molecule is COc1ccc2c(C)c(CC(=O)NC(C)c3ccccc3)c(=O)oc2c1OC. The molecule has 0 spiro atoms. The minimum absolute atomic E-state index is 0.0599. The maximum absolute atomic E-state index is 12.6. The molecule has 1 heterocycles. The second-order valence-electron chi connectivity index (χ2n) is 6.55. The van der Waals surface area contributed by atoms with Crippen LogP contribution in [0.3, 0.4) is 0 Å². The van der Waals surface area contributed by atoms with Gasteiger partial charge in [0.15, 0.2) is 11.3 Å². The predicted molar refractivity (Wildman–Crippen MR) is 107 cm³/mol. The smallest absolute Gasteiger partial charge is 0.340 e. The second kappa shape index (κ2) is 8.17. The number of aryl methyl sites for hydroxylation is 1. The molecular formula is C22H23NO5. The van der Waals surface area contributed by atoms with E-state index in [2.05, 4.69) is 5.32 Å². The van der Waals surface area contributed by atoms with Gasteiger partial charge in [-0.15, -0.1) is 0 Å². The molecule has 1 atom stereocenters. The molecule has 0 aliphatic heterocycles. The highest BCUT2D eigenvalue weighted by atomic mass is 16.5. The summed E-state index contributed by atoms with van der Waals surface area (Å²) in [6, 6.07) is 13.0. The first-order chi connectivity index (χ1) is 13.5.